The first-order valence-electron chi connectivity index (χ1n) is 8.21. The van der Waals surface area contributed by atoms with Gasteiger partial charge < -0.3 is 15.3 Å². The number of hydrogen-bond acceptors (Lipinski definition) is 5. The summed E-state index contributed by atoms with van der Waals surface area (Å²) in [6.07, 6.45) is 0. The molecule has 1 aliphatic rings. The Labute approximate surface area is 146 Å². The quantitative estimate of drug-likeness (QED) is 0.873. The fraction of sp³-hybridized carbons (Fsp3) is 0.389. The zero-order chi connectivity index (χ0) is 16.9. The number of benzene rings is 1. The van der Waals surface area contributed by atoms with Gasteiger partial charge in [-0.15, -0.1) is 11.3 Å². The number of anilines is 1. The molecular formula is C18H23N3O2S. The van der Waals surface area contributed by atoms with Gasteiger partial charge in [-0.2, -0.15) is 0 Å². The second-order valence-corrected chi connectivity index (χ2v) is 7.04. The lowest BCUT2D eigenvalue weighted by Crippen LogP contribution is -2.53. The Morgan fingerprint density at radius 3 is 2.54 bits per heavy atom. The molecule has 2 aromatic rings. The van der Waals surface area contributed by atoms with Crippen LogP contribution in [0, 0.1) is 0 Å². The first-order valence-corrected chi connectivity index (χ1v) is 9.09. The molecule has 1 atom stereocenters. The molecule has 24 heavy (non-hydrogen) atoms. The Morgan fingerprint density at radius 2 is 1.92 bits per heavy atom. The second kappa shape index (κ2) is 7.68. The van der Waals surface area contributed by atoms with Gasteiger partial charge in [0.05, 0.1) is 12.6 Å². The molecule has 1 aromatic carbocycles. The highest BCUT2D eigenvalue weighted by Gasteiger charge is 2.25. The average molecular weight is 345 g/mol. The Kier molecular flexibility index (Phi) is 5.37. The molecule has 128 valence electrons. The van der Waals surface area contributed by atoms with E-state index < -0.39 is 0 Å². The molecule has 2 N–H and O–H groups in total. The number of nitrogens with zero attached hydrogens (tertiary/aromatic N) is 2. The molecule has 0 saturated carbocycles. The van der Waals surface area contributed by atoms with Crippen LogP contribution in [0.3, 0.4) is 0 Å². The van der Waals surface area contributed by atoms with Crippen molar-refractivity contribution in [3.05, 3.63) is 46.7 Å². The van der Waals surface area contributed by atoms with Crippen molar-refractivity contribution in [2.45, 2.75) is 19.5 Å². The Hall–Kier alpha value is -2.05. The number of aromatic hydroxyl groups is 1. The molecule has 2 heterocycles. The van der Waals surface area contributed by atoms with Crippen molar-refractivity contribution in [1.82, 2.24) is 10.2 Å². The number of piperazine rings is 1. The molecule has 1 amide bonds. The van der Waals surface area contributed by atoms with Crippen molar-refractivity contribution in [1.29, 1.82) is 0 Å². The van der Waals surface area contributed by atoms with Gasteiger partial charge in [0.1, 0.15) is 5.75 Å². The Morgan fingerprint density at radius 1 is 1.21 bits per heavy atom. The van der Waals surface area contributed by atoms with Crippen LogP contribution < -0.4 is 10.2 Å². The predicted octanol–water partition coefficient (Wildman–Crippen LogP) is 2.28. The van der Waals surface area contributed by atoms with Crippen LogP contribution in [-0.4, -0.2) is 48.1 Å². The van der Waals surface area contributed by atoms with Crippen molar-refractivity contribution in [3.8, 4) is 5.75 Å². The van der Waals surface area contributed by atoms with Crippen LogP contribution in [0.25, 0.3) is 0 Å². The van der Waals surface area contributed by atoms with Crippen LogP contribution in [0.1, 0.15) is 11.8 Å². The van der Waals surface area contributed by atoms with E-state index >= 15 is 0 Å². The summed E-state index contributed by atoms with van der Waals surface area (Å²) in [7, 11) is 0. The molecule has 0 unspecified atom stereocenters. The minimum absolute atomic E-state index is 0.0847. The molecule has 1 fully saturated rings. The van der Waals surface area contributed by atoms with E-state index in [1.54, 1.807) is 23.5 Å². The topological polar surface area (TPSA) is 55.8 Å². The van der Waals surface area contributed by atoms with Gasteiger partial charge in [-0.25, -0.2) is 0 Å². The van der Waals surface area contributed by atoms with Crippen molar-refractivity contribution in [2.24, 2.45) is 0 Å². The van der Waals surface area contributed by atoms with Crippen molar-refractivity contribution in [3.63, 3.8) is 0 Å². The number of phenolic OH excluding ortho intramolecular Hbond substituents is 1. The van der Waals surface area contributed by atoms with Gasteiger partial charge in [-0.1, -0.05) is 6.07 Å². The van der Waals surface area contributed by atoms with E-state index in [2.05, 4.69) is 15.1 Å². The number of phenols is 1. The highest BCUT2D eigenvalue weighted by atomic mass is 32.1. The second-order valence-electron chi connectivity index (χ2n) is 6.01. The number of thiophene rings is 1. The summed E-state index contributed by atoms with van der Waals surface area (Å²) in [4.78, 5) is 18.0. The minimum atomic E-state index is -0.119. The highest BCUT2D eigenvalue weighted by Crippen LogP contribution is 2.20. The fourth-order valence-corrected chi connectivity index (χ4v) is 3.58. The monoisotopic (exact) mass is 345 g/mol. The van der Waals surface area contributed by atoms with Gasteiger partial charge in [0.25, 0.3) is 0 Å². The van der Waals surface area contributed by atoms with Gasteiger partial charge in [0.2, 0.25) is 5.91 Å². The average Bonchev–Trinajstić information content (AvgIpc) is 3.13. The van der Waals surface area contributed by atoms with Gasteiger partial charge in [0.15, 0.2) is 0 Å². The SMILES string of the molecule is C[C@H](C(=O)NCc1cccs1)N1CCN(c2ccc(O)cc2)CC1. The van der Waals surface area contributed by atoms with E-state index in [1.165, 1.54) is 4.88 Å². The van der Waals surface area contributed by atoms with Gasteiger partial charge in [-0.05, 0) is 42.6 Å². The maximum atomic E-state index is 12.3. The summed E-state index contributed by atoms with van der Waals surface area (Å²) >= 11 is 1.66. The number of amides is 1. The number of carbonyl (C=O) groups excluding carboxylic acids is 1. The van der Waals surface area contributed by atoms with E-state index in [-0.39, 0.29) is 17.7 Å². The maximum absolute atomic E-state index is 12.3. The third-order valence-corrected chi connectivity index (χ3v) is 5.35. The van der Waals surface area contributed by atoms with Crippen LogP contribution in [-0.2, 0) is 11.3 Å². The van der Waals surface area contributed by atoms with Crippen LogP contribution in [0.15, 0.2) is 41.8 Å². The summed E-state index contributed by atoms with van der Waals surface area (Å²) in [6, 6.07) is 11.2. The first-order chi connectivity index (χ1) is 11.6. The van der Waals surface area contributed by atoms with Crippen molar-refractivity contribution >= 4 is 22.9 Å². The maximum Gasteiger partial charge on any atom is 0.237 e. The third-order valence-electron chi connectivity index (χ3n) is 4.47. The smallest absolute Gasteiger partial charge is 0.237 e. The lowest BCUT2D eigenvalue weighted by atomic mass is 10.2. The lowest BCUT2D eigenvalue weighted by molar-refractivity contribution is -0.126. The molecule has 0 radical (unpaired) electrons. The van der Waals surface area contributed by atoms with Gasteiger partial charge >= 0.3 is 0 Å². The van der Waals surface area contributed by atoms with Crippen molar-refractivity contribution in [2.75, 3.05) is 31.1 Å². The largest absolute Gasteiger partial charge is 0.508 e. The molecule has 3 rings (SSSR count). The van der Waals surface area contributed by atoms with Crippen LogP contribution in [0.5, 0.6) is 5.75 Å². The molecule has 6 heteroatoms. The van der Waals surface area contributed by atoms with Crippen LogP contribution in [0.2, 0.25) is 0 Å². The van der Waals surface area contributed by atoms with Gasteiger partial charge in [0, 0.05) is 36.7 Å². The minimum Gasteiger partial charge on any atom is -0.508 e. The number of carbonyl (C=O) groups is 1. The molecule has 1 aromatic heterocycles. The zero-order valence-corrected chi connectivity index (χ0v) is 14.6. The van der Waals surface area contributed by atoms with Crippen LogP contribution >= 0.6 is 11.3 Å². The zero-order valence-electron chi connectivity index (χ0n) is 13.8. The molecule has 0 spiro atoms. The summed E-state index contributed by atoms with van der Waals surface area (Å²) < 4.78 is 0. The Balaban J connectivity index is 1.48. The number of hydrogen-bond donors (Lipinski definition) is 2. The standard InChI is InChI=1S/C18H23N3O2S/c1-14(18(23)19-13-17-3-2-12-24-17)20-8-10-21(11-9-20)15-4-6-16(22)7-5-15/h2-7,12,14,22H,8-11,13H2,1H3,(H,19,23)/t14-/m1/s1. The Bertz CT molecular complexity index is 649. The highest BCUT2D eigenvalue weighted by molar-refractivity contribution is 7.09. The van der Waals surface area contributed by atoms with E-state index in [0.717, 1.165) is 31.9 Å². The molecule has 1 saturated heterocycles. The van der Waals surface area contributed by atoms with Gasteiger partial charge in [-0.3, -0.25) is 9.69 Å². The summed E-state index contributed by atoms with van der Waals surface area (Å²) in [5.74, 6) is 0.370. The van der Waals surface area contributed by atoms with E-state index in [9.17, 15) is 9.90 Å². The fourth-order valence-electron chi connectivity index (χ4n) is 2.93. The first kappa shape index (κ1) is 16.8. The van der Waals surface area contributed by atoms with Crippen LogP contribution in [0.4, 0.5) is 5.69 Å². The normalized spacial score (nSPS) is 16.8. The molecular weight excluding hydrogens is 322 g/mol. The van der Waals surface area contributed by atoms with E-state index in [4.69, 9.17) is 0 Å². The number of nitrogens with one attached hydrogen (secondary N) is 1. The third kappa shape index (κ3) is 4.07. The summed E-state index contributed by atoms with van der Waals surface area (Å²) in [5.41, 5.74) is 1.11. The van der Waals surface area contributed by atoms with Crippen molar-refractivity contribution < 1.29 is 9.90 Å². The van der Waals surface area contributed by atoms with E-state index in [0.29, 0.717) is 6.54 Å². The predicted molar refractivity (Wildman–Crippen MR) is 97.5 cm³/mol. The molecule has 1 aliphatic heterocycles. The molecule has 5 nitrogen and oxygen atoms in total. The lowest BCUT2D eigenvalue weighted by Gasteiger charge is -2.38. The molecule has 0 aliphatic carbocycles. The van der Waals surface area contributed by atoms with E-state index in [1.807, 2.05) is 36.6 Å². The summed E-state index contributed by atoms with van der Waals surface area (Å²) in [6.45, 7) is 6.05. The summed E-state index contributed by atoms with van der Waals surface area (Å²) in [5, 5.41) is 14.4. The molecule has 0 bridgehead atoms. The number of rotatable bonds is 5.